The number of hydrogen-bond donors (Lipinski definition) is 2. The first-order chi connectivity index (χ1) is 19.5. The third-order valence-corrected chi connectivity index (χ3v) is 6.54. The zero-order valence-electron chi connectivity index (χ0n) is 21.2. The normalized spacial score (nSPS) is 14.6. The number of alkyl halides is 3. The van der Waals surface area contributed by atoms with E-state index in [0.29, 0.717) is 40.6 Å². The molecule has 0 atom stereocenters. The zero-order chi connectivity index (χ0) is 29.3. The Morgan fingerprint density at radius 1 is 0.976 bits per heavy atom. The number of aliphatic carboxylic acids is 1. The lowest BCUT2D eigenvalue weighted by Gasteiger charge is -2.38. The number of aromatic carboxylic acids is 1. The lowest BCUT2D eigenvalue weighted by Crippen LogP contribution is -2.45. The minimum absolute atomic E-state index is 0.0883. The quantitative estimate of drug-likeness (QED) is 0.316. The van der Waals surface area contributed by atoms with E-state index in [2.05, 4.69) is 16.0 Å². The summed E-state index contributed by atoms with van der Waals surface area (Å²) in [5, 5.41) is 16.9. The summed E-state index contributed by atoms with van der Waals surface area (Å²) in [6.07, 6.45) is 1.59. The molecule has 13 heteroatoms. The van der Waals surface area contributed by atoms with Gasteiger partial charge in [0.2, 0.25) is 0 Å². The molecular weight excluding hydrogens is 547 g/mol. The van der Waals surface area contributed by atoms with Crippen LogP contribution >= 0.6 is 0 Å². The highest BCUT2D eigenvalue weighted by Gasteiger charge is 2.38. The van der Waals surface area contributed by atoms with Crippen LogP contribution in [0.25, 0.3) is 11.0 Å². The minimum atomic E-state index is -5.08. The molecule has 0 radical (unpaired) electrons. The Morgan fingerprint density at radius 3 is 2.34 bits per heavy atom. The van der Waals surface area contributed by atoms with Gasteiger partial charge in [-0.3, -0.25) is 9.78 Å². The van der Waals surface area contributed by atoms with Gasteiger partial charge >= 0.3 is 18.1 Å². The number of aromatic nitrogens is 1. The number of carbonyl (C=O) groups excluding carboxylic acids is 1. The van der Waals surface area contributed by atoms with Gasteiger partial charge in [-0.1, -0.05) is 12.1 Å². The number of carboxylic acid groups (broad SMARTS) is 2. The predicted molar refractivity (Wildman–Crippen MR) is 140 cm³/mol. The van der Waals surface area contributed by atoms with Crippen LogP contribution in [0.1, 0.15) is 33.6 Å². The molecule has 10 nitrogen and oxygen atoms in total. The molecular formula is C28H22F3N3O7. The molecule has 212 valence electrons. The Balaban J connectivity index is 0.000000431. The van der Waals surface area contributed by atoms with Gasteiger partial charge in [-0.05, 0) is 43.2 Å². The van der Waals surface area contributed by atoms with Gasteiger partial charge in [-0.2, -0.15) is 13.2 Å². The van der Waals surface area contributed by atoms with Crippen LogP contribution in [0, 0.1) is 0 Å². The van der Waals surface area contributed by atoms with Gasteiger partial charge in [0, 0.05) is 43.0 Å². The van der Waals surface area contributed by atoms with Crippen LogP contribution in [0.15, 0.2) is 71.6 Å². The van der Waals surface area contributed by atoms with Crippen LogP contribution in [0.4, 0.5) is 24.5 Å². The fourth-order valence-electron chi connectivity index (χ4n) is 4.50. The van der Waals surface area contributed by atoms with Crippen molar-refractivity contribution in [3.8, 4) is 11.5 Å². The molecule has 0 unspecified atom stereocenters. The Kier molecular flexibility index (Phi) is 7.26. The topological polar surface area (TPSA) is 133 Å². The SMILES string of the molecule is O=C(O)C(F)(F)F.O=C(O)c1coc2cc(Oc3ccncc3C(=O)N3CCN(C4CC4)c4ccccc43)ccc12. The van der Waals surface area contributed by atoms with E-state index in [9.17, 15) is 27.9 Å². The fraction of sp³-hybridized carbons (Fsp3) is 0.214. The van der Waals surface area contributed by atoms with Crippen molar-refractivity contribution in [3.63, 3.8) is 0 Å². The number of nitrogens with zero attached hydrogens (tertiary/aromatic N) is 3. The van der Waals surface area contributed by atoms with Crippen molar-refractivity contribution in [3.05, 3.63) is 78.3 Å². The molecule has 2 aromatic heterocycles. The summed E-state index contributed by atoms with van der Waals surface area (Å²) in [7, 11) is 0. The van der Waals surface area contributed by atoms with Crippen LogP contribution in [0.2, 0.25) is 0 Å². The molecule has 1 fully saturated rings. The molecule has 6 rings (SSSR count). The highest BCUT2D eigenvalue weighted by atomic mass is 19.4. The zero-order valence-corrected chi connectivity index (χ0v) is 21.2. The van der Waals surface area contributed by atoms with E-state index < -0.39 is 18.1 Å². The standard InChI is InChI=1S/C26H21N3O5.C2HF3O2/c30-25(29-12-11-28(16-5-6-16)21-3-1-2-4-22(21)29)19-14-27-10-9-23(19)34-17-7-8-18-20(26(31)32)15-33-24(18)13-17;3-2(4,5)1(6)7/h1-4,7-10,13-16H,5-6,11-12H2,(H,31,32);(H,6,7). The molecule has 2 N–H and O–H groups in total. The summed E-state index contributed by atoms with van der Waals surface area (Å²) < 4.78 is 43.2. The van der Waals surface area contributed by atoms with Gasteiger partial charge in [0.25, 0.3) is 5.91 Å². The van der Waals surface area contributed by atoms with E-state index in [1.54, 1.807) is 35.4 Å². The predicted octanol–water partition coefficient (Wildman–Crippen LogP) is 5.58. The van der Waals surface area contributed by atoms with Gasteiger partial charge in [0.15, 0.2) is 0 Å². The molecule has 1 amide bonds. The number of hydrogen-bond acceptors (Lipinski definition) is 7. The summed E-state index contributed by atoms with van der Waals surface area (Å²) >= 11 is 0. The van der Waals surface area contributed by atoms with Crippen LogP contribution in [-0.2, 0) is 4.79 Å². The van der Waals surface area contributed by atoms with Crippen molar-refractivity contribution in [2.45, 2.75) is 25.1 Å². The lowest BCUT2D eigenvalue weighted by atomic mass is 10.1. The molecule has 0 saturated heterocycles. The maximum Gasteiger partial charge on any atom is 0.490 e. The van der Waals surface area contributed by atoms with Crippen molar-refractivity contribution in [1.82, 2.24) is 4.98 Å². The number of carbonyl (C=O) groups is 3. The molecule has 41 heavy (non-hydrogen) atoms. The van der Waals surface area contributed by atoms with Crippen molar-refractivity contribution >= 4 is 40.2 Å². The first-order valence-corrected chi connectivity index (χ1v) is 12.4. The molecule has 1 saturated carbocycles. The number of rotatable bonds is 5. The van der Waals surface area contributed by atoms with Crippen molar-refractivity contribution in [2.24, 2.45) is 0 Å². The summed E-state index contributed by atoms with van der Waals surface area (Å²) in [5.41, 5.74) is 2.79. The van der Waals surface area contributed by atoms with E-state index in [1.807, 2.05) is 18.2 Å². The van der Waals surface area contributed by atoms with Gasteiger partial charge in [-0.25, -0.2) is 9.59 Å². The Labute approximate surface area is 230 Å². The fourth-order valence-corrected chi connectivity index (χ4v) is 4.50. The molecule has 2 aliphatic rings. The number of benzene rings is 2. The van der Waals surface area contributed by atoms with Crippen LogP contribution in [-0.4, -0.2) is 58.4 Å². The number of para-hydroxylation sites is 2. The molecule has 1 aliphatic carbocycles. The van der Waals surface area contributed by atoms with Gasteiger partial charge in [0.1, 0.15) is 34.5 Å². The van der Waals surface area contributed by atoms with E-state index in [1.165, 1.54) is 25.3 Å². The largest absolute Gasteiger partial charge is 0.490 e. The smallest absolute Gasteiger partial charge is 0.478 e. The molecule has 0 bridgehead atoms. The van der Waals surface area contributed by atoms with Crippen LogP contribution < -0.4 is 14.5 Å². The third-order valence-electron chi connectivity index (χ3n) is 6.54. The summed E-state index contributed by atoms with van der Waals surface area (Å²) in [6.45, 7) is 1.36. The van der Waals surface area contributed by atoms with E-state index in [4.69, 9.17) is 19.1 Å². The number of ether oxygens (including phenoxy) is 1. The van der Waals surface area contributed by atoms with E-state index in [0.717, 1.165) is 17.9 Å². The second kappa shape index (κ2) is 10.8. The maximum absolute atomic E-state index is 13.7. The highest BCUT2D eigenvalue weighted by molar-refractivity contribution is 6.10. The number of amides is 1. The number of carboxylic acids is 2. The van der Waals surface area contributed by atoms with Crippen LogP contribution in [0.5, 0.6) is 11.5 Å². The average Bonchev–Trinajstić information content (AvgIpc) is 3.70. The second-order valence-electron chi connectivity index (χ2n) is 9.26. The number of fused-ring (bicyclic) bond motifs is 2. The average molecular weight is 569 g/mol. The monoisotopic (exact) mass is 569 g/mol. The Hall–Kier alpha value is -5.07. The molecule has 0 spiro atoms. The number of halogens is 3. The van der Waals surface area contributed by atoms with Crippen molar-refractivity contribution in [2.75, 3.05) is 22.9 Å². The van der Waals surface area contributed by atoms with Crippen molar-refractivity contribution < 1.29 is 46.9 Å². The van der Waals surface area contributed by atoms with Gasteiger partial charge < -0.3 is 29.2 Å². The molecule has 1 aliphatic heterocycles. The second-order valence-corrected chi connectivity index (χ2v) is 9.26. The molecule has 2 aromatic carbocycles. The first-order valence-electron chi connectivity index (χ1n) is 12.4. The Bertz CT molecular complexity index is 1630. The van der Waals surface area contributed by atoms with Crippen LogP contribution in [0.3, 0.4) is 0 Å². The summed E-state index contributed by atoms with van der Waals surface area (Å²) in [6, 6.07) is 15.1. The minimum Gasteiger partial charge on any atom is -0.478 e. The van der Waals surface area contributed by atoms with E-state index >= 15 is 0 Å². The molecule has 3 heterocycles. The van der Waals surface area contributed by atoms with Gasteiger partial charge in [-0.15, -0.1) is 0 Å². The van der Waals surface area contributed by atoms with Crippen molar-refractivity contribution in [1.29, 1.82) is 0 Å². The number of furan rings is 1. The summed E-state index contributed by atoms with van der Waals surface area (Å²) in [4.78, 5) is 42.2. The Morgan fingerprint density at radius 2 is 1.68 bits per heavy atom. The number of anilines is 2. The van der Waals surface area contributed by atoms with E-state index in [-0.39, 0.29) is 11.5 Å². The van der Waals surface area contributed by atoms with Gasteiger partial charge in [0.05, 0.1) is 11.4 Å². The first kappa shape index (κ1) is 27.5. The molecule has 4 aromatic rings. The lowest BCUT2D eigenvalue weighted by molar-refractivity contribution is -0.192. The summed E-state index contributed by atoms with van der Waals surface area (Å²) in [5.74, 6) is -3.20. The highest BCUT2D eigenvalue weighted by Crippen LogP contribution is 2.41. The number of pyridine rings is 1. The third kappa shape index (κ3) is 5.78. The maximum atomic E-state index is 13.7.